The molecule has 0 aromatic rings. The Bertz CT molecular complexity index is 209. The van der Waals surface area contributed by atoms with Crippen LogP contribution in [-0.2, 0) is 9.53 Å². The van der Waals surface area contributed by atoms with Crippen LogP contribution in [0, 0.1) is 5.92 Å². The molecule has 0 spiro atoms. The molecule has 0 bridgehead atoms. The van der Waals surface area contributed by atoms with Crippen molar-refractivity contribution in [1.29, 1.82) is 0 Å². The van der Waals surface area contributed by atoms with E-state index in [2.05, 4.69) is 10.6 Å². The average Bonchev–Trinajstić information content (AvgIpc) is 2.71. The van der Waals surface area contributed by atoms with E-state index in [4.69, 9.17) is 4.74 Å². The quantitative estimate of drug-likeness (QED) is 0.706. The van der Waals surface area contributed by atoms with Crippen LogP contribution in [0.25, 0.3) is 0 Å². The van der Waals surface area contributed by atoms with Crippen LogP contribution >= 0.6 is 0 Å². The van der Waals surface area contributed by atoms with Gasteiger partial charge in [0.25, 0.3) is 0 Å². The SMILES string of the molecule is O=C(CC1CCOC1)N[C@H]1CCCNC1. The van der Waals surface area contributed by atoms with Crippen LogP contribution in [0.2, 0.25) is 0 Å². The third-order valence-electron chi connectivity index (χ3n) is 3.16. The fourth-order valence-electron chi connectivity index (χ4n) is 2.27. The molecule has 2 atom stereocenters. The van der Waals surface area contributed by atoms with Crippen LogP contribution in [0.5, 0.6) is 0 Å². The average molecular weight is 212 g/mol. The molecule has 0 saturated carbocycles. The Morgan fingerprint density at radius 3 is 3.07 bits per heavy atom. The maximum absolute atomic E-state index is 11.7. The zero-order chi connectivity index (χ0) is 10.5. The van der Waals surface area contributed by atoms with E-state index in [1.165, 1.54) is 0 Å². The van der Waals surface area contributed by atoms with Gasteiger partial charge in [0.2, 0.25) is 5.91 Å². The van der Waals surface area contributed by atoms with E-state index >= 15 is 0 Å². The normalized spacial score (nSPS) is 31.5. The summed E-state index contributed by atoms with van der Waals surface area (Å²) >= 11 is 0. The molecular formula is C11H20N2O2. The Morgan fingerprint density at radius 2 is 2.40 bits per heavy atom. The second-order valence-electron chi connectivity index (χ2n) is 4.54. The van der Waals surface area contributed by atoms with E-state index in [1.54, 1.807) is 0 Å². The maximum atomic E-state index is 11.7. The highest BCUT2D eigenvalue weighted by Crippen LogP contribution is 2.16. The summed E-state index contributed by atoms with van der Waals surface area (Å²) in [6.07, 6.45) is 3.95. The van der Waals surface area contributed by atoms with Crippen molar-refractivity contribution in [3.05, 3.63) is 0 Å². The Morgan fingerprint density at radius 1 is 1.47 bits per heavy atom. The van der Waals surface area contributed by atoms with Crippen molar-refractivity contribution in [2.45, 2.75) is 31.7 Å². The molecule has 86 valence electrons. The first-order chi connectivity index (χ1) is 7.34. The Labute approximate surface area is 90.8 Å². The topological polar surface area (TPSA) is 50.4 Å². The van der Waals surface area contributed by atoms with Gasteiger partial charge in [0.15, 0.2) is 0 Å². The molecule has 1 amide bonds. The molecular weight excluding hydrogens is 192 g/mol. The molecule has 2 N–H and O–H groups in total. The minimum Gasteiger partial charge on any atom is -0.381 e. The molecule has 1 unspecified atom stereocenters. The molecule has 0 aromatic heterocycles. The van der Waals surface area contributed by atoms with E-state index in [-0.39, 0.29) is 5.91 Å². The number of nitrogens with one attached hydrogen (secondary N) is 2. The minimum absolute atomic E-state index is 0.194. The third-order valence-corrected chi connectivity index (χ3v) is 3.16. The molecule has 0 aromatic carbocycles. The smallest absolute Gasteiger partial charge is 0.220 e. The number of hydrogen-bond donors (Lipinski definition) is 2. The van der Waals surface area contributed by atoms with E-state index in [0.717, 1.165) is 45.6 Å². The standard InChI is InChI=1S/C11H20N2O2/c14-11(6-9-3-5-15-8-9)13-10-2-1-4-12-7-10/h9-10,12H,1-8H2,(H,13,14)/t9?,10-/m0/s1. The number of carbonyl (C=O) groups excluding carboxylic acids is 1. The Hall–Kier alpha value is -0.610. The summed E-state index contributed by atoms with van der Waals surface area (Å²) in [6.45, 7) is 3.59. The number of hydrogen-bond acceptors (Lipinski definition) is 3. The first kappa shape index (κ1) is 10.9. The van der Waals surface area contributed by atoms with Crippen molar-refractivity contribution in [2.75, 3.05) is 26.3 Å². The highest BCUT2D eigenvalue weighted by molar-refractivity contribution is 5.76. The van der Waals surface area contributed by atoms with Crippen molar-refractivity contribution >= 4 is 5.91 Å². The molecule has 2 heterocycles. The van der Waals surface area contributed by atoms with E-state index in [1.807, 2.05) is 0 Å². The van der Waals surface area contributed by atoms with E-state index in [9.17, 15) is 4.79 Å². The summed E-state index contributed by atoms with van der Waals surface area (Å²) < 4.78 is 5.26. The van der Waals surface area contributed by atoms with Gasteiger partial charge in [-0.15, -0.1) is 0 Å². The maximum Gasteiger partial charge on any atom is 0.220 e. The lowest BCUT2D eigenvalue weighted by atomic mass is 10.0. The van der Waals surface area contributed by atoms with Gasteiger partial charge >= 0.3 is 0 Å². The van der Waals surface area contributed by atoms with Gasteiger partial charge in [0.1, 0.15) is 0 Å². The summed E-state index contributed by atoms with van der Waals surface area (Å²) in [5.74, 6) is 0.640. The number of ether oxygens (including phenoxy) is 1. The molecule has 0 radical (unpaired) electrons. The first-order valence-electron chi connectivity index (χ1n) is 5.92. The van der Waals surface area contributed by atoms with Crippen LogP contribution in [0.15, 0.2) is 0 Å². The summed E-state index contributed by atoms with van der Waals surface area (Å²) in [4.78, 5) is 11.7. The molecule has 2 aliphatic heterocycles. The predicted molar refractivity (Wildman–Crippen MR) is 57.6 cm³/mol. The lowest BCUT2D eigenvalue weighted by Gasteiger charge is -2.24. The number of amides is 1. The van der Waals surface area contributed by atoms with Crippen LogP contribution in [0.4, 0.5) is 0 Å². The molecule has 2 saturated heterocycles. The van der Waals surface area contributed by atoms with E-state index < -0.39 is 0 Å². The molecule has 2 aliphatic rings. The second kappa shape index (κ2) is 5.47. The zero-order valence-corrected chi connectivity index (χ0v) is 9.13. The lowest BCUT2D eigenvalue weighted by molar-refractivity contribution is -0.122. The van der Waals surface area contributed by atoms with Crippen molar-refractivity contribution in [3.63, 3.8) is 0 Å². The number of carbonyl (C=O) groups is 1. The fraction of sp³-hybridized carbons (Fsp3) is 0.909. The number of rotatable bonds is 3. The Kier molecular flexibility index (Phi) is 3.97. The van der Waals surface area contributed by atoms with E-state index in [0.29, 0.717) is 18.4 Å². The van der Waals surface area contributed by atoms with Gasteiger partial charge in [0, 0.05) is 32.2 Å². The van der Waals surface area contributed by atoms with Crippen LogP contribution in [0.1, 0.15) is 25.7 Å². The van der Waals surface area contributed by atoms with Gasteiger partial charge in [0.05, 0.1) is 0 Å². The first-order valence-corrected chi connectivity index (χ1v) is 5.92. The highest BCUT2D eigenvalue weighted by Gasteiger charge is 2.21. The molecule has 0 aliphatic carbocycles. The summed E-state index contributed by atoms with van der Waals surface area (Å²) in [6, 6.07) is 0.341. The lowest BCUT2D eigenvalue weighted by Crippen LogP contribution is -2.45. The van der Waals surface area contributed by atoms with Gasteiger partial charge < -0.3 is 15.4 Å². The highest BCUT2D eigenvalue weighted by atomic mass is 16.5. The van der Waals surface area contributed by atoms with Crippen LogP contribution in [0.3, 0.4) is 0 Å². The minimum atomic E-state index is 0.194. The number of piperidine rings is 1. The third kappa shape index (κ3) is 3.47. The molecule has 2 fully saturated rings. The predicted octanol–water partition coefficient (Wildman–Crippen LogP) is 0.281. The van der Waals surface area contributed by atoms with Crippen molar-refractivity contribution in [1.82, 2.24) is 10.6 Å². The summed E-state index contributed by atoms with van der Waals surface area (Å²) in [5, 5.41) is 6.38. The summed E-state index contributed by atoms with van der Waals surface area (Å²) in [7, 11) is 0. The fourth-order valence-corrected chi connectivity index (χ4v) is 2.27. The van der Waals surface area contributed by atoms with Crippen molar-refractivity contribution in [2.24, 2.45) is 5.92 Å². The monoisotopic (exact) mass is 212 g/mol. The second-order valence-corrected chi connectivity index (χ2v) is 4.54. The molecule has 4 heteroatoms. The summed E-state index contributed by atoms with van der Waals surface area (Å²) in [5.41, 5.74) is 0. The largest absolute Gasteiger partial charge is 0.381 e. The molecule has 15 heavy (non-hydrogen) atoms. The molecule has 4 nitrogen and oxygen atoms in total. The van der Waals surface area contributed by atoms with Crippen molar-refractivity contribution < 1.29 is 9.53 Å². The van der Waals surface area contributed by atoms with Crippen LogP contribution in [-0.4, -0.2) is 38.3 Å². The van der Waals surface area contributed by atoms with Gasteiger partial charge in [-0.2, -0.15) is 0 Å². The Balaban J connectivity index is 1.66. The molecule has 2 rings (SSSR count). The zero-order valence-electron chi connectivity index (χ0n) is 9.13. The van der Waals surface area contributed by atoms with Crippen molar-refractivity contribution in [3.8, 4) is 0 Å². The van der Waals surface area contributed by atoms with Gasteiger partial charge in [-0.3, -0.25) is 4.79 Å². The van der Waals surface area contributed by atoms with Gasteiger partial charge in [-0.1, -0.05) is 0 Å². The van der Waals surface area contributed by atoms with Crippen LogP contribution < -0.4 is 10.6 Å². The van der Waals surface area contributed by atoms with Gasteiger partial charge in [-0.25, -0.2) is 0 Å². The van der Waals surface area contributed by atoms with Gasteiger partial charge in [-0.05, 0) is 31.7 Å².